The van der Waals surface area contributed by atoms with Crippen molar-refractivity contribution in [2.24, 2.45) is 29.1 Å². The van der Waals surface area contributed by atoms with E-state index in [1.165, 1.54) is 19.3 Å². The Balaban J connectivity index is 2.60. The molecule has 1 fully saturated rings. The molecule has 0 spiro atoms. The molecule has 1 rings (SSSR count). The second kappa shape index (κ2) is 7.26. The average molecular weight is 284 g/mol. The minimum absolute atomic E-state index is 0.170. The van der Waals surface area contributed by atoms with E-state index in [9.17, 15) is 5.11 Å². The third-order valence-corrected chi connectivity index (χ3v) is 5.06. The summed E-state index contributed by atoms with van der Waals surface area (Å²) >= 11 is 0. The quantitative estimate of drug-likeness (QED) is 0.778. The van der Waals surface area contributed by atoms with Crippen molar-refractivity contribution in [2.75, 3.05) is 6.61 Å². The monoisotopic (exact) mass is 284 g/mol. The highest BCUT2D eigenvalue weighted by atomic mass is 16.5. The molecule has 0 aromatic carbocycles. The van der Waals surface area contributed by atoms with E-state index in [4.69, 9.17) is 4.74 Å². The number of rotatable bonds is 6. The van der Waals surface area contributed by atoms with E-state index in [0.29, 0.717) is 24.5 Å². The van der Waals surface area contributed by atoms with Crippen molar-refractivity contribution in [2.45, 2.75) is 79.9 Å². The number of ether oxygens (including phenoxy) is 1. The summed E-state index contributed by atoms with van der Waals surface area (Å²) in [5.74, 6) is 2.41. The summed E-state index contributed by atoms with van der Waals surface area (Å²) < 4.78 is 6.30. The smallest absolute Gasteiger partial charge is 0.0636 e. The maximum atomic E-state index is 10.3. The van der Waals surface area contributed by atoms with Crippen LogP contribution in [0.3, 0.4) is 0 Å². The van der Waals surface area contributed by atoms with E-state index in [1.807, 2.05) is 0 Å². The van der Waals surface area contributed by atoms with E-state index < -0.39 is 0 Å². The van der Waals surface area contributed by atoms with Gasteiger partial charge in [0.2, 0.25) is 0 Å². The summed E-state index contributed by atoms with van der Waals surface area (Å²) in [5.41, 5.74) is -0.170. The van der Waals surface area contributed by atoms with Gasteiger partial charge in [-0.05, 0) is 36.5 Å². The predicted molar refractivity (Wildman–Crippen MR) is 85.7 cm³/mol. The molecule has 0 aromatic heterocycles. The highest BCUT2D eigenvalue weighted by molar-refractivity contribution is 4.84. The van der Waals surface area contributed by atoms with Gasteiger partial charge in [0.1, 0.15) is 0 Å². The van der Waals surface area contributed by atoms with Crippen LogP contribution in [0.25, 0.3) is 0 Å². The largest absolute Gasteiger partial charge is 0.392 e. The number of aliphatic hydroxyl groups is 1. The first kappa shape index (κ1) is 18.0. The Kier molecular flexibility index (Phi) is 6.53. The van der Waals surface area contributed by atoms with E-state index in [0.717, 1.165) is 5.92 Å². The number of aliphatic hydroxyl groups excluding tert-OH is 1. The van der Waals surface area contributed by atoms with Crippen LogP contribution in [0.1, 0.15) is 67.7 Å². The van der Waals surface area contributed by atoms with Crippen molar-refractivity contribution in [3.63, 3.8) is 0 Å². The molecular weight excluding hydrogens is 248 g/mol. The van der Waals surface area contributed by atoms with Crippen molar-refractivity contribution in [1.82, 2.24) is 0 Å². The SMILES string of the molecule is CC(C)[C@@H]1CC[C@@H](C)C[C@H]1OCC(C)(C)[C@@H](O)C(C)C. The standard InChI is InChI=1S/C18H36O2/c1-12(2)15-9-8-14(5)10-16(15)20-11-18(6,7)17(19)13(3)4/h12-17,19H,8-11H2,1-7H3/t14-,15+,16-,17+/m1/s1. The maximum absolute atomic E-state index is 10.3. The molecule has 1 N–H and O–H groups in total. The van der Waals surface area contributed by atoms with Gasteiger partial charge in [0.15, 0.2) is 0 Å². The van der Waals surface area contributed by atoms with Gasteiger partial charge in [-0.1, -0.05) is 54.9 Å². The van der Waals surface area contributed by atoms with E-state index in [-0.39, 0.29) is 17.4 Å². The normalized spacial score (nSPS) is 30.0. The van der Waals surface area contributed by atoms with Crippen LogP contribution in [-0.2, 0) is 4.74 Å². The molecule has 1 saturated carbocycles. The van der Waals surface area contributed by atoms with Crippen LogP contribution in [0.2, 0.25) is 0 Å². The summed E-state index contributed by atoms with van der Waals surface area (Å²) in [6, 6.07) is 0. The average Bonchev–Trinajstić information content (AvgIpc) is 2.35. The summed E-state index contributed by atoms with van der Waals surface area (Å²) in [7, 11) is 0. The van der Waals surface area contributed by atoms with Gasteiger partial charge in [-0.25, -0.2) is 0 Å². The Labute approximate surface area is 126 Å². The number of hydrogen-bond donors (Lipinski definition) is 1. The van der Waals surface area contributed by atoms with Crippen molar-refractivity contribution in [3.8, 4) is 0 Å². The molecule has 2 nitrogen and oxygen atoms in total. The molecule has 0 bridgehead atoms. The highest BCUT2D eigenvalue weighted by Gasteiger charge is 2.35. The van der Waals surface area contributed by atoms with Crippen molar-refractivity contribution < 1.29 is 9.84 Å². The number of hydrogen-bond acceptors (Lipinski definition) is 2. The minimum Gasteiger partial charge on any atom is -0.392 e. The van der Waals surface area contributed by atoms with Gasteiger partial charge in [-0.3, -0.25) is 0 Å². The van der Waals surface area contributed by atoms with Crippen LogP contribution in [0, 0.1) is 29.1 Å². The molecule has 0 heterocycles. The third kappa shape index (κ3) is 4.73. The van der Waals surface area contributed by atoms with Gasteiger partial charge in [0, 0.05) is 5.41 Å². The zero-order chi connectivity index (χ0) is 15.5. The Morgan fingerprint density at radius 1 is 1.15 bits per heavy atom. The molecule has 4 atom stereocenters. The fraction of sp³-hybridized carbons (Fsp3) is 1.00. The molecule has 0 aromatic rings. The summed E-state index contributed by atoms with van der Waals surface area (Å²) in [6.45, 7) is 16.0. The molecule has 2 heteroatoms. The zero-order valence-corrected chi connectivity index (χ0v) is 14.6. The van der Waals surface area contributed by atoms with Gasteiger partial charge in [-0.15, -0.1) is 0 Å². The predicted octanol–water partition coefficient (Wildman–Crippen LogP) is 4.51. The molecule has 20 heavy (non-hydrogen) atoms. The highest BCUT2D eigenvalue weighted by Crippen LogP contribution is 2.37. The first-order chi connectivity index (χ1) is 9.15. The first-order valence-electron chi connectivity index (χ1n) is 8.44. The lowest BCUT2D eigenvalue weighted by Crippen LogP contribution is -2.41. The lowest BCUT2D eigenvalue weighted by molar-refractivity contribution is -0.101. The van der Waals surface area contributed by atoms with Gasteiger partial charge in [-0.2, -0.15) is 0 Å². The molecule has 0 unspecified atom stereocenters. The zero-order valence-electron chi connectivity index (χ0n) is 14.6. The third-order valence-electron chi connectivity index (χ3n) is 5.06. The lowest BCUT2D eigenvalue weighted by Gasteiger charge is -2.40. The molecular formula is C18H36O2. The topological polar surface area (TPSA) is 29.5 Å². The minimum atomic E-state index is -0.305. The van der Waals surface area contributed by atoms with Crippen LogP contribution in [-0.4, -0.2) is 23.9 Å². The van der Waals surface area contributed by atoms with Gasteiger partial charge in [0.25, 0.3) is 0 Å². The molecule has 0 saturated heterocycles. The van der Waals surface area contributed by atoms with E-state index in [2.05, 4.69) is 48.5 Å². The summed E-state index contributed by atoms with van der Waals surface area (Å²) in [6.07, 6.45) is 3.87. The van der Waals surface area contributed by atoms with Crippen LogP contribution in [0.5, 0.6) is 0 Å². The Morgan fingerprint density at radius 2 is 1.75 bits per heavy atom. The molecule has 1 aliphatic rings. The molecule has 0 aliphatic heterocycles. The summed E-state index contributed by atoms with van der Waals surface area (Å²) in [4.78, 5) is 0. The Bertz CT molecular complexity index is 283. The first-order valence-corrected chi connectivity index (χ1v) is 8.44. The second-order valence-electron chi connectivity index (χ2n) is 8.35. The van der Waals surface area contributed by atoms with Crippen molar-refractivity contribution >= 4 is 0 Å². The van der Waals surface area contributed by atoms with Crippen LogP contribution in [0.15, 0.2) is 0 Å². The second-order valence-corrected chi connectivity index (χ2v) is 8.35. The fourth-order valence-corrected chi connectivity index (χ4v) is 3.62. The van der Waals surface area contributed by atoms with Crippen molar-refractivity contribution in [1.29, 1.82) is 0 Å². The maximum Gasteiger partial charge on any atom is 0.0636 e. The van der Waals surface area contributed by atoms with Gasteiger partial charge < -0.3 is 9.84 Å². The fourth-order valence-electron chi connectivity index (χ4n) is 3.62. The van der Waals surface area contributed by atoms with Crippen molar-refractivity contribution in [3.05, 3.63) is 0 Å². The molecule has 0 radical (unpaired) electrons. The molecule has 1 aliphatic carbocycles. The lowest BCUT2D eigenvalue weighted by atomic mass is 9.75. The van der Waals surface area contributed by atoms with Gasteiger partial charge in [0.05, 0.1) is 18.8 Å². The van der Waals surface area contributed by atoms with Gasteiger partial charge >= 0.3 is 0 Å². The Hall–Kier alpha value is -0.0800. The van der Waals surface area contributed by atoms with E-state index >= 15 is 0 Å². The Morgan fingerprint density at radius 3 is 2.25 bits per heavy atom. The van der Waals surface area contributed by atoms with Crippen LogP contribution >= 0.6 is 0 Å². The van der Waals surface area contributed by atoms with E-state index in [1.54, 1.807) is 0 Å². The molecule has 0 amide bonds. The summed E-state index contributed by atoms with van der Waals surface area (Å²) in [5, 5.41) is 10.3. The van der Waals surface area contributed by atoms with Crippen LogP contribution in [0.4, 0.5) is 0 Å². The van der Waals surface area contributed by atoms with Crippen LogP contribution < -0.4 is 0 Å². The molecule has 120 valence electrons.